The summed E-state index contributed by atoms with van der Waals surface area (Å²) in [6.45, 7) is 15.8. The quantitative estimate of drug-likeness (QED) is 0.734. The van der Waals surface area contributed by atoms with Crippen LogP contribution in [0.25, 0.3) is 0 Å². The average molecular weight is 276 g/mol. The lowest BCUT2D eigenvalue weighted by Crippen LogP contribution is -2.40. The normalized spacial score (nSPS) is 13.4. The van der Waals surface area contributed by atoms with E-state index in [9.17, 15) is 0 Å². The first-order valence-corrected chi connectivity index (χ1v) is 8.04. The smallest absolute Gasteiger partial charge is 0.0472 e. The predicted molar refractivity (Wildman–Crippen MR) is 89.0 cm³/mol. The summed E-state index contributed by atoms with van der Waals surface area (Å²) in [6.07, 6.45) is 0. The zero-order valence-electron chi connectivity index (χ0n) is 13.9. The maximum atomic E-state index is 3.53. The second-order valence-corrected chi connectivity index (χ2v) is 6.48. The number of hydrogen-bond donors (Lipinski definition) is 1. The van der Waals surface area contributed by atoms with Crippen LogP contribution in [0.15, 0.2) is 30.3 Å². The summed E-state index contributed by atoms with van der Waals surface area (Å²) < 4.78 is 0. The van der Waals surface area contributed by atoms with Crippen molar-refractivity contribution in [3.63, 3.8) is 0 Å². The molecule has 1 rings (SSSR count). The van der Waals surface area contributed by atoms with Crippen molar-refractivity contribution >= 4 is 0 Å². The Balaban J connectivity index is 2.91. The van der Waals surface area contributed by atoms with Gasteiger partial charge in [0.25, 0.3) is 0 Å². The van der Waals surface area contributed by atoms with E-state index in [1.165, 1.54) is 5.56 Å². The highest BCUT2D eigenvalue weighted by Crippen LogP contribution is 2.22. The Morgan fingerprint density at radius 2 is 1.50 bits per heavy atom. The van der Waals surface area contributed by atoms with Gasteiger partial charge in [0, 0.05) is 25.7 Å². The molecule has 0 aliphatic rings. The molecule has 1 aromatic carbocycles. The van der Waals surface area contributed by atoms with Gasteiger partial charge in [-0.2, -0.15) is 0 Å². The van der Waals surface area contributed by atoms with Crippen LogP contribution < -0.4 is 5.32 Å². The van der Waals surface area contributed by atoms with Gasteiger partial charge in [-0.15, -0.1) is 0 Å². The first-order chi connectivity index (χ1) is 9.54. The molecule has 0 spiro atoms. The lowest BCUT2D eigenvalue weighted by molar-refractivity contribution is 0.154. The molecule has 1 atom stereocenters. The van der Waals surface area contributed by atoms with Gasteiger partial charge in [-0.25, -0.2) is 0 Å². The van der Waals surface area contributed by atoms with Crippen molar-refractivity contribution in [3.05, 3.63) is 35.9 Å². The Labute approximate surface area is 125 Å². The Kier molecular flexibility index (Phi) is 7.86. The molecule has 1 N–H and O–H groups in total. The predicted octanol–water partition coefficient (Wildman–Crippen LogP) is 3.95. The summed E-state index contributed by atoms with van der Waals surface area (Å²) in [5.41, 5.74) is 1.43. The van der Waals surface area contributed by atoms with Crippen molar-refractivity contribution in [2.24, 2.45) is 11.8 Å². The highest BCUT2D eigenvalue weighted by Gasteiger charge is 2.21. The first-order valence-electron chi connectivity index (χ1n) is 8.04. The van der Waals surface area contributed by atoms with Crippen LogP contribution in [0.3, 0.4) is 0 Å². The average Bonchev–Trinajstić information content (AvgIpc) is 2.39. The number of rotatable bonds is 9. The molecule has 0 bridgehead atoms. The van der Waals surface area contributed by atoms with Crippen molar-refractivity contribution in [2.45, 2.75) is 40.7 Å². The zero-order chi connectivity index (χ0) is 15.0. The Morgan fingerprint density at radius 3 is 1.95 bits per heavy atom. The molecule has 20 heavy (non-hydrogen) atoms. The fourth-order valence-corrected chi connectivity index (χ4v) is 2.68. The van der Waals surface area contributed by atoms with E-state index in [2.05, 4.69) is 75.2 Å². The van der Waals surface area contributed by atoms with E-state index < -0.39 is 0 Å². The lowest BCUT2D eigenvalue weighted by Gasteiger charge is -2.35. The first kappa shape index (κ1) is 17.2. The number of nitrogens with one attached hydrogen (secondary N) is 1. The number of likely N-dealkylation sites (N-methyl/N-ethyl adjacent to an activating group) is 1. The number of nitrogens with zero attached hydrogens (tertiary/aromatic N) is 1. The van der Waals surface area contributed by atoms with Crippen molar-refractivity contribution < 1.29 is 0 Å². The summed E-state index contributed by atoms with van der Waals surface area (Å²) in [6, 6.07) is 11.4. The molecule has 0 saturated heterocycles. The molecule has 0 saturated carbocycles. The minimum atomic E-state index is 0.473. The highest BCUT2D eigenvalue weighted by molar-refractivity contribution is 5.19. The van der Waals surface area contributed by atoms with Gasteiger partial charge >= 0.3 is 0 Å². The summed E-state index contributed by atoms with van der Waals surface area (Å²) in [4.78, 5) is 2.65. The van der Waals surface area contributed by atoms with Crippen molar-refractivity contribution in [3.8, 4) is 0 Å². The van der Waals surface area contributed by atoms with E-state index in [0.29, 0.717) is 17.9 Å². The third-order valence-electron chi connectivity index (χ3n) is 3.41. The fraction of sp³-hybridized carbons (Fsp3) is 0.667. The van der Waals surface area contributed by atoms with Gasteiger partial charge in [-0.05, 0) is 23.9 Å². The standard InChI is InChI=1S/C18H32N2/c1-6-19-12-18(17-10-8-7-9-11-17)20(13-15(2)3)14-16(4)5/h7-11,15-16,18-19H,6,12-14H2,1-5H3. The molecule has 0 aliphatic heterocycles. The third-order valence-corrected chi connectivity index (χ3v) is 3.41. The molecular formula is C18H32N2. The Morgan fingerprint density at radius 1 is 0.950 bits per heavy atom. The van der Waals surface area contributed by atoms with Gasteiger partial charge in [0.1, 0.15) is 0 Å². The number of benzene rings is 1. The van der Waals surface area contributed by atoms with E-state index in [4.69, 9.17) is 0 Å². The van der Waals surface area contributed by atoms with Gasteiger partial charge in [0.05, 0.1) is 0 Å². The van der Waals surface area contributed by atoms with Crippen LogP contribution in [0.5, 0.6) is 0 Å². The highest BCUT2D eigenvalue weighted by atomic mass is 15.2. The fourth-order valence-electron chi connectivity index (χ4n) is 2.68. The third kappa shape index (κ3) is 6.06. The zero-order valence-corrected chi connectivity index (χ0v) is 13.9. The van der Waals surface area contributed by atoms with Crippen LogP contribution >= 0.6 is 0 Å². The van der Waals surface area contributed by atoms with E-state index in [1.807, 2.05) is 0 Å². The minimum Gasteiger partial charge on any atom is -0.315 e. The molecule has 2 nitrogen and oxygen atoms in total. The SMILES string of the molecule is CCNCC(c1ccccc1)N(CC(C)C)CC(C)C. The van der Waals surface area contributed by atoms with Crippen molar-refractivity contribution in [1.29, 1.82) is 0 Å². The van der Waals surface area contributed by atoms with Gasteiger partial charge in [-0.3, -0.25) is 4.90 Å². The molecule has 0 radical (unpaired) electrons. The maximum Gasteiger partial charge on any atom is 0.0472 e. The summed E-state index contributed by atoms with van der Waals surface area (Å²) in [5, 5.41) is 3.53. The molecule has 0 fully saturated rings. The molecule has 1 unspecified atom stereocenters. The minimum absolute atomic E-state index is 0.473. The van der Waals surface area contributed by atoms with Crippen LogP contribution in [0.2, 0.25) is 0 Å². The Bertz CT molecular complexity index is 336. The second kappa shape index (κ2) is 9.15. The number of hydrogen-bond acceptors (Lipinski definition) is 2. The summed E-state index contributed by atoms with van der Waals surface area (Å²) in [5.74, 6) is 1.39. The summed E-state index contributed by atoms with van der Waals surface area (Å²) in [7, 11) is 0. The lowest BCUT2D eigenvalue weighted by atomic mass is 10.0. The van der Waals surface area contributed by atoms with Crippen molar-refractivity contribution in [2.75, 3.05) is 26.2 Å². The van der Waals surface area contributed by atoms with Crippen LogP contribution in [-0.4, -0.2) is 31.1 Å². The molecule has 114 valence electrons. The van der Waals surface area contributed by atoms with Gasteiger partial charge in [-0.1, -0.05) is 65.0 Å². The van der Waals surface area contributed by atoms with E-state index >= 15 is 0 Å². The molecule has 0 amide bonds. The molecule has 0 aromatic heterocycles. The maximum absolute atomic E-state index is 3.53. The van der Waals surface area contributed by atoms with Crippen LogP contribution in [0.1, 0.15) is 46.2 Å². The van der Waals surface area contributed by atoms with Crippen molar-refractivity contribution in [1.82, 2.24) is 10.2 Å². The van der Waals surface area contributed by atoms with Gasteiger partial charge in [0.2, 0.25) is 0 Å². The van der Waals surface area contributed by atoms with Crippen LogP contribution in [0, 0.1) is 11.8 Å². The van der Waals surface area contributed by atoms with E-state index in [-0.39, 0.29) is 0 Å². The monoisotopic (exact) mass is 276 g/mol. The summed E-state index contributed by atoms with van der Waals surface area (Å²) >= 11 is 0. The molecule has 1 aromatic rings. The second-order valence-electron chi connectivity index (χ2n) is 6.48. The van der Waals surface area contributed by atoms with E-state index in [1.54, 1.807) is 0 Å². The van der Waals surface area contributed by atoms with Crippen LogP contribution in [0.4, 0.5) is 0 Å². The van der Waals surface area contributed by atoms with Crippen LogP contribution in [-0.2, 0) is 0 Å². The largest absolute Gasteiger partial charge is 0.315 e. The topological polar surface area (TPSA) is 15.3 Å². The van der Waals surface area contributed by atoms with Gasteiger partial charge < -0.3 is 5.32 Å². The van der Waals surface area contributed by atoms with Gasteiger partial charge in [0.15, 0.2) is 0 Å². The molecule has 0 aliphatic carbocycles. The molecule has 2 heteroatoms. The Hall–Kier alpha value is -0.860. The van der Waals surface area contributed by atoms with E-state index in [0.717, 1.165) is 26.2 Å². The molecular weight excluding hydrogens is 244 g/mol. The molecule has 0 heterocycles.